The van der Waals surface area contributed by atoms with Crippen molar-refractivity contribution in [3.8, 4) is 33.4 Å². The third-order valence-corrected chi connectivity index (χ3v) is 12.3. The molecule has 0 amide bonds. The van der Waals surface area contributed by atoms with Crippen molar-refractivity contribution in [3.05, 3.63) is 229 Å². The Hall–Kier alpha value is -7.22. The molecule has 11 aromatic rings. The Kier molecular flexibility index (Phi) is 6.62. The van der Waals surface area contributed by atoms with Crippen LogP contribution in [0.3, 0.4) is 0 Å². The van der Waals surface area contributed by atoms with Crippen molar-refractivity contribution in [1.82, 2.24) is 0 Å². The Morgan fingerprint density at radius 3 is 1.71 bits per heavy atom. The van der Waals surface area contributed by atoms with E-state index >= 15 is 0 Å². The fourth-order valence-electron chi connectivity index (χ4n) is 9.96. The molecule has 0 saturated carbocycles. The molecule has 1 heterocycles. The summed E-state index contributed by atoms with van der Waals surface area (Å²) >= 11 is 0. The van der Waals surface area contributed by atoms with Gasteiger partial charge in [0, 0.05) is 10.8 Å². The van der Waals surface area contributed by atoms with E-state index in [0.29, 0.717) is 0 Å². The van der Waals surface area contributed by atoms with Crippen LogP contribution in [0.4, 0.5) is 0 Å². The Balaban J connectivity index is 1.24. The van der Waals surface area contributed by atoms with Crippen molar-refractivity contribution < 1.29 is 4.42 Å². The van der Waals surface area contributed by atoms with Crippen LogP contribution in [0.25, 0.3) is 87.6 Å². The molecule has 0 bridgehead atoms. The summed E-state index contributed by atoms with van der Waals surface area (Å²) in [4.78, 5) is 0. The van der Waals surface area contributed by atoms with Gasteiger partial charge in [0.1, 0.15) is 11.2 Å². The van der Waals surface area contributed by atoms with E-state index in [9.17, 15) is 0 Å². The Morgan fingerprint density at radius 2 is 0.946 bits per heavy atom. The molecule has 1 aromatic heterocycles. The fourth-order valence-corrected chi connectivity index (χ4v) is 9.96. The smallest absolute Gasteiger partial charge is 0.136 e. The number of furan rings is 1. The molecule has 0 spiro atoms. The van der Waals surface area contributed by atoms with E-state index in [4.69, 9.17) is 4.42 Å². The van der Waals surface area contributed by atoms with E-state index in [2.05, 4.69) is 206 Å². The maximum absolute atomic E-state index is 6.59. The molecule has 260 valence electrons. The van der Waals surface area contributed by atoms with E-state index in [0.717, 1.165) is 21.9 Å². The zero-order valence-corrected chi connectivity index (χ0v) is 30.5. The number of rotatable bonds is 4. The van der Waals surface area contributed by atoms with Gasteiger partial charge < -0.3 is 4.42 Å². The first kappa shape index (κ1) is 31.2. The second kappa shape index (κ2) is 11.9. The molecule has 1 aliphatic rings. The zero-order chi connectivity index (χ0) is 36.8. The summed E-state index contributed by atoms with van der Waals surface area (Å²) in [5, 5.41) is 9.68. The summed E-state index contributed by atoms with van der Waals surface area (Å²) in [6.07, 6.45) is 0. The molecule has 1 aliphatic carbocycles. The summed E-state index contributed by atoms with van der Waals surface area (Å²) in [5.74, 6) is 0. The summed E-state index contributed by atoms with van der Waals surface area (Å²) < 4.78 is 6.59. The number of benzene rings is 10. The normalized spacial score (nSPS) is 13.1. The molecule has 0 saturated heterocycles. The number of fused-ring (bicyclic) bond motifs is 10. The highest BCUT2D eigenvalue weighted by Crippen LogP contribution is 2.61. The van der Waals surface area contributed by atoms with Crippen LogP contribution in [0, 0.1) is 0 Å². The lowest BCUT2D eigenvalue weighted by Gasteiger charge is -2.35. The molecule has 0 fully saturated rings. The molecule has 1 heteroatoms. The van der Waals surface area contributed by atoms with Crippen LogP contribution in [0.2, 0.25) is 0 Å². The molecular weight excluding hydrogens is 677 g/mol. The summed E-state index contributed by atoms with van der Waals surface area (Å²) in [6.45, 7) is 0. The first-order chi connectivity index (χ1) is 27.8. The molecule has 1 nitrogen and oxygen atoms in total. The Bertz CT molecular complexity index is 3310. The fraction of sp³-hybridized carbons (Fsp3) is 0.0182. The minimum atomic E-state index is -0.605. The highest BCUT2D eigenvalue weighted by atomic mass is 16.3. The maximum Gasteiger partial charge on any atom is 0.136 e. The molecular formula is C55H34O. The Labute approximate surface area is 324 Å². The second-order valence-corrected chi connectivity index (χ2v) is 15.1. The number of hydrogen-bond acceptors (Lipinski definition) is 1. The predicted molar refractivity (Wildman–Crippen MR) is 234 cm³/mol. The van der Waals surface area contributed by atoms with E-state index in [1.165, 1.54) is 88.0 Å². The summed E-state index contributed by atoms with van der Waals surface area (Å²) in [7, 11) is 0. The van der Waals surface area contributed by atoms with E-state index in [1.54, 1.807) is 0 Å². The standard InChI is InChI=1S/C55H34O/c1-3-20-40(21-4-1)55(41-22-5-2-6-23-41)49-33-39(43-26-14-28-50-52(43)48-31-36-16-7-8-17-37(36)34-51(48)56-50)29-30-46(49)53-47(32-38-18-10-12-25-44(38)54(53)55)45-27-13-19-35-15-9-11-24-42(35)45/h1-34H. The molecule has 0 atom stereocenters. The van der Waals surface area contributed by atoms with Crippen molar-refractivity contribution in [1.29, 1.82) is 0 Å². The third-order valence-electron chi connectivity index (χ3n) is 12.3. The Morgan fingerprint density at radius 1 is 0.339 bits per heavy atom. The lowest BCUT2D eigenvalue weighted by atomic mass is 9.66. The first-order valence-electron chi connectivity index (χ1n) is 19.4. The van der Waals surface area contributed by atoms with Crippen LogP contribution < -0.4 is 0 Å². The minimum absolute atomic E-state index is 0.605. The lowest BCUT2D eigenvalue weighted by Crippen LogP contribution is -2.29. The largest absolute Gasteiger partial charge is 0.456 e. The van der Waals surface area contributed by atoms with Crippen LogP contribution in [0.5, 0.6) is 0 Å². The summed E-state index contributed by atoms with van der Waals surface area (Å²) in [6, 6.07) is 76.1. The van der Waals surface area contributed by atoms with Crippen LogP contribution in [0.15, 0.2) is 211 Å². The van der Waals surface area contributed by atoms with Crippen molar-refractivity contribution in [2.75, 3.05) is 0 Å². The van der Waals surface area contributed by atoms with Gasteiger partial charge in [-0.05, 0) is 118 Å². The maximum atomic E-state index is 6.59. The monoisotopic (exact) mass is 710 g/mol. The van der Waals surface area contributed by atoms with Gasteiger partial charge in [-0.1, -0.05) is 176 Å². The molecule has 10 aromatic carbocycles. The zero-order valence-electron chi connectivity index (χ0n) is 30.5. The molecule has 0 radical (unpaired) electrons. The van der Waals surface area contributed by atoms with E-state index in [-0.39, 0.29) is 0 Å². The van der Waals surface area contributed by atoms with Gasteiger partial charge in [-0.25, -0.2) is 0 Å². The van der Waals surface area contributed by atoms with E-state index < -0.39 is 5.41 Å². The SMILES string of the molecule is c1ccc(C2(c3ccccc3)c3cc(-c4cccc5oc6cc7ccccc7cc6c45)ccc3-c3c(-c4cccc5ccccc45)cc4ccccc4c32)cc1. The minimum Gasteiger partial charge on any atom is -0.456 e. The lowest BCUT2D eigenvalue weighted by molar-refractivity contribution is 0.669. The molecule has 0 aliphatic heterocycles. The van der Waals surface area contributed by atoms with Gasteiger partial charge in [0.15, 0.2) is 0 Å². The average Bonchev–Trinajstić information content (AvgIpc) is 3.79. The molecule has 0 unspecified atom stereocenters. The third kappa shape index (κ3) is 4.31. The van der Waals surface area contributed by atoms with Crippen molar-refractivity contribution >= 4 is 54.3 Å². The molecule has 0 N–H and O–H groups in total. The van der Waals surface area contributed by atoms with Crippen molar-refractivity contribution in [3.63, 3.8) is 0 Å². The first-order valence-corrected chi connectivity index (χ1v) is 19.4. The second-order valence-electron chi connectivity index (χ2n) is 15.1. The summed E-state index contributed by atoms with van der Waals surface area (Å²) in [5.41, 5.74) is 13.7. The van der Waals surface area contributed by atoms with Gasteiger partial charge in [0.05, 0.1) is 5.41 Å². The van der Waals surface area contributed by atoms with Crippen molar-refractivity contribution in [2.45, 2.75) is 5.41 Å². The van der Waals surface area contributed by atoms with Crippen LogP contribution in [0.1, 0.15) is 22.3 Å². The molecule has 12 rings (SSSR count). The van der Waals surface area contributed by atoms with Gasteiger partial charge in [0.25, 0.3) is 0 Å². The average molecular weight is 711 g/mol. The van der Waals surface area contributed by atoms with E-state index in [1.807, 2.05) is 0 Å². The quantitative estimate of drug-likeness (QED) is 0.177. The predicted octanol–water partition coefficient (Wildman–Crippen LogP) is 14.7. The molecule has 56 heavy (non-hydrogen) atoms. The van der Waals surface area contributed by atoms with Crippen LogP contribution in [-0.4, -0.2) is 0 Å². The van der Waals surface area contributed by atoms with Gasteiger partial charge in [-0.15, -0.1) is 0 Å². The van der Waals surface area contributed by atoms with Gasteiger partial charge >= 0.3 is 0 Å². The number of hydrogen-bond donors (Lipinski definition) is 0. The van der Waals surface area contributed by atoms with Gasteiger partial charge in [-0.2, -0.15) is 0 Å². The van der Waals surface area contributed by atoms with Gasteiger partial charge in [-0.3, -0.25) is 0 Å². The van der Waals surface area contributed by atoms with Gasteiger partial charge in [0.2, 0.25) is 0 Å². The highest BCUT2D eigenvalue weighted by Gasteiger charge is 2.48. The topological polar surface area (TPSA) is 13.1 Å². The van der Waals surface area contributed by atoms with Crippen molar-refractivity contribution in [2.24, 2.45) is 0 Å². The highest BCUT2D eigenvalue weighted by molar-refractivity contribution is 6.16. The van der Waals surface area contributed by atoms with Crippen LogP contribution in [-0.2, 0) is 5.41 Å². The van der Waals surface area contributed by atoms with Crippen LogP contribution >= 0.6 is 0 Å².